The van der Waals surface area contributed by atoms with E-state index >= 15 is 0 Å². The number of nitrogens with zero attached hydrogens (tertiary/aromatic N) is 1. The summed E-state index contributed by atoms with van der Waals surface area (Å²) in [4.78, 5) is 4.53. The fourth-order valence-electron chi connectivity index (χ4n) is 1.94. The average molecular weight is 244 g/mol. The molecule has 0 bridgehead atoms. The SMILES string of the molecule is C#C.C=CC1=N/C(=C/C)NCC(C)(C(=C)CC)C1. The third kappa shape index (κ3) is 3.92. The van der Waals surface area contributed by atoms with Crippen LogP contribution in [0.3, 0.4) is 0 Å². The van der Waals surface area contributed by atoms with Crippen molar-refractivity contribution < 1.29 is 0 Å². The molecule has 0 spiro atoms. The third-order valence-corrected chi connectivity index (χ3v) is 3.28. The van der Waals surface area contributed by atoms with Crippen LogP contribution in [0.15, 0.2) is 41.7 Å². The summed E-state index contributed by atoms with van der Waals surface area (Å²) >= 11 is 0. The monoisotopic (exact) mass is 244 g/mol. The van der Waals surface area contributed by atoms with Crippen molar-refractivity contribution in [3.8, 4) is 12.8 Å². The lowest BCUT2D eigenvalue weighted by Gasteiger charge is -2.30. The molecule has 0 aromatic heterocycles. The molecule has 18 heavy (non-hydrogen) atoms. The van der Waals surface area contributed by atoms with Crippen molar-refractivity contribution in [1.82, 2.24) is 5.32 Å². The number of allylic oxidation sites excluding steroid dienone is 2. The lowest BCUT2D eigenvalue weighted by molar-refractivity contribution is 0.396. The van der Waals surface area contributed by atoms with E-state index in [4.69, 9.17) is 0 Å². The molecule has 1 unspecified atom stereocenters. The Kier molecular flexibility index (Phi) is 6.82. The number of hydrogen-bond donors (Lipinski definition) is 1. The quantitative estimate of drug-likeness (QED) is 0.594. The minimum atomic E-state index is 0.0759. The summed E-state index contributed by atoms with van der Waals surface area (Å²) in [6.45, 7) is 15.3. The van der Waals surface area contributed by atoms with E-state index in [1.54, 1.807) is 0 Å². The Labute approximate surface area is 112 Å². The zero-order valence-corrected chi connectivity index (χ0v) is 11.8. The molecule has 1 aliphatic rings. The Balaban J connectivity index is 0.00000137. The highest BCUT2D eigenvalue weighted by atomic mass is 15.1. The minimum Gasteiger partial charge on any atom is -0.369 e. The topological polar surface area (TPSA) is 24.4 Å². The molecule has 1 heterocycles. The molecule has 0 aromatic rings. The summed E-state index contributed by atoms with van der Waals surface area (Å²) in [6.07, 6.45) is 13.8. The van der Waals surface area contributed by atoms with Crippen LogP contribution in [-0.2, 0) is 0 Å². The Morgan fingerprint density at radius 3 is 2.61 bits per heavy atom. The van der Waals surface area contributed by atoms with E-state index in [-0.39, 0.29) is 5.41 Å². The normalized spacial score (nSPS) is 24.9. The van der Waals surface area contributed by atoms with Crippen molar-refractivity contribution in [2.24, 2.45) is 10.4 Å². The summed E-state index contributed by atoms with van der Waals surface area (Å²) in [6, 6.07) is 0. The van der Waals surface area contributed by atoms with Crippen LogP contribution in [0.2, 0.25) is 0 Å². The zero-order valence-electron chi connectivity index (χ0n) is 11.8. The summed E-state index contributed by atoms with van der Waals surface area (Å²) in [5.74, 6) is 0.933. The first-order valence-electron chi connectivity index (χ1n) is 6.17. The summed E-state index contributed by atoms with van der Waals surface area (Å²) in [7, 11) is 0. The van der Waals surface area contributed by atoms with Gasteiger partial charge in [-0.15, -0.1) is 12.8 Å². The van der Waals surface area contributed by atoms with Gasteiger partial charge in [-0.1, -0.05) is 32.6 Å². The van der Waals surface area contributed by atoms with Gasteiger partial charge < -0.3 is 5.32 Å². The van der Waals surface area contributed by atoms with Crippen molar-refractivity contribution in [2.75, 3.05) is 6.54 Å². The molecule has 1 aliphatic heterocycles. The number of nitrogens with one attached hydrogen (secondary N) is 1. The maximum absolute atomic E-state index is 4.53. The molecular weight excluding hydrogens is 220 g/mol. The van der Waals surface area contributed by atoms with Gasteiger partial charge in [-0.25, -0.2) is 4.99 Å². The number of terminal acetylenes is 1. The maximum Gasteiger partial charge on any atom is 0.121 e. The highest BCUT2D eigenvalue weighted by molar-refractivity contribution is 5.96. The van der Waals surface area contributed by atoms with Crippen LogP contribution in [-0.4, -0.2) is 12.3 Å². The lowest BCUT2D eigenvalue weighted by Crippen LogP contribution is -2.32. The minimum absolute atomic E-state index is 0.0759. The van der Waals surface area contributed by atoms with Gasteiger partial charge in [0, 0.05) is 24.1 Å². The van der Waals surface area contributed by atoms with E-state index in [0.717, 1.165) is 30.9 Å². The molecular formula is C16H24N2. The molecule has 0 radical (unpaired) electrons. The number of aliphatic imine (C=N–C) groups is 1. The molecule has 0 saturated carbocycles. The Morgan fingerprint density at radius 1 is 1.56 bits per heavy atom. The van der Waals surface area contributed by atoms with E-state index in [0.29, 0.717) is 0 Å². The van der Waals surface area contributed by atoms with Gasteiger partial charge in [0.25, 0.3) is 0 Å². The predicted molar refractivity (Wildman–Crippen MR) is 81.4 cm³/mol. The molecule has 1 atom stereocenters. The van der Waals surface area contributed by atoms with Gasteiger partial charge in [-0.2, -0.15) is 0 Å². The fraction of sp³-hybridized carbons (Fsp3) is 0.438. The molecule has 2 heteroatoms. The third-order valence-electron chi connectivity index (χ3n) is 3.28. The second-order valence-electron chi connectivity index (χ2n) is 4.53. The molecule has 2 nitrogen and oxygen atoms in total. The Bertz CT molecular complexity index is 385. The first-order valence-corrected chi connectivity index (χ1v) is 6.17. The van der Waals surface area contributed by atoms with Crippen LogP contribution in [0, 0.1) is 18.3 Å². The Hall–Kier alpha value is -1.75. The van der Waals surface area contributed by atoms with Crippen LogP contribution in [0.4, 0.5) is 0 Å². The van der Waals surface area contributed by atoms with Crippen LogP contribution in [0.1, 0.15) is 33.6 Å². The van der Waals surface area contributed by atoms with Gasteiger partial charge in [0.15, 0.2) is 0 Å². The van der Waals surface area contributed by atoms with Crippen molar-refractivity contribution in [2.45, 2.75) is 33.6 Å². The molecule has 0 amide bonds. The zero-order chi connectivity index (χ0) is 14.2. The summed E-state index contributed by atoms with van der Waals surface area (Å²) < 4.78 is 0. The molecule has 1 N–H and O–H groups in total. The van der Waals surface area contributed by atoms with E-state index in [9.17, 15) is 0 Å². The van der Waals surface area contributed by atoms with Crippen LogP contribution in [0.5, 0.6) is 0 Å². The van der Waals surface area contributed by atoms with E-state index < -0.39 is 0 Å². The van der Waals surface area contributed by atoms with Gasteiger partial charge >= 0.3 is 0 Å². The Morgan fingerprint density at radius 2 is 2.17 bits per heavy atom. The summed E-state index contributed by atoms with van der Waals surface area (Å²) in [5.41, 5.74) is 2.38. The number of hydrogen-bond acceptors (Lipinski definition) is 2. The highest BCUT2D eigenvalue weighted by Crippen LogP contribution is 2.33. The lowest BCUT2D eigenvalue weighted by atomic mass is 9.77. The van der Waals surface area contributed by atoms with Crippen LogP contribution in [0.25, 0.3) is 0 Å². The van der Waals surface area contributed by atoms with Crippen molar-refractivity contribution >= 4 is 5.71 Å². The second kappa shape index (κ2) is 7.55. The molecule has 1 rings (SSSR count). The van der Waals surface area contributed by atoms with Gasteiger partial charge in [-0.05, 0) is 25.5 Å². The summed E-state index contributed by atoms with van der Waals surface area (Å²) in [5, 5.41) is 3.37. The van der Waals surface area contributed by atoms with Crippen LogP contribution < -0.4 is 5.32 Å². The fourth-order valence-corrected chi connectivity index (χ4v) is 1.94. The van der Waals surface area contributed by atoms with E-state index in [1.165, 1.54) is 5.57 Å². The van der Waals surface area contributed by atoms with Crippen molar-refractivity contribution in [3.63, 3.8) is 0 Å². The smallest absolute Gasteiger partial charge is 0.121 e. The average Bonchev–Trinajstić information content (AvgIpc) is 2.59. The molecule has 0 saturated heterocycles. The van der Waals surface area contributed by atoms with Crippen molar-refractivity contribution in [1.29, 1.82) is 0 Å². The van der Waals surface area contributed by atoms with Gasteiger partial charge in [0.1, 0.15) is 5.82 Å². The molecule has 0 fully saturated rings. The van der Waals surface area contributed by atoms with Gasteiger partial charge in [0.05, 0.1) is 0 Å². The number of rotatable bonds is 3. The van der Waals surface area contributed by atoms with Crippen molar-refractivity contribution in [3.05, 3.63) is 36.7 Å². The van der Waals surface area contributed by atoms with Gasteiger partial charge in [-0.3, -0.25) is 0 Å². The van der Waals surface area contributed by atoms with E-state index in [1.807, 2.05) is 19.1 Å². The standard InChI is InChI=1S/C14H22N2.C2H2/c1-6-11(4)14(5)9-12(7-2)16-13(8-3)15-10-14;1-2/h7-8,15H,2,4,6,9-10H2,1,3,5H3;1-2H/b13-8+;. The first-order chi connectivity index (χ1) is 8.55. The molecule has 0 aliphatic carbocycles. The largest absolute Gasteiger partial charge is 0.369 e. The first kappa shape index (κ1) is 16.2. The van der Waals surface area contributed by atoms with Crippen LogP contribution >= 0.6 is 0 Å². The molecule has 0 aromatic carbocycles. The van der Waals surface area contributed by atoms with Gasteiger partial charge in [0.2, 0.25) is 0 Å². The maximum atomic E-state index is 4.53. The molecule has 98 valence electrons. The highest BCUT2D eigenvalue weighted by Gasteiger charge is 2.29. The van der Waals surface area contributed by atoms with E-state index in [2.05, 4.69) is 50.2 Å². The second-order valence-corrected chi connectivity index (χ2v) is 4.53. The predicted octanol–water partition coefficient (Wildman–Crippen LogP) is 3.69.